The molecule has 1 heterocycles. The molecule has 0 aliphatic rings. The number of methoxy groups -OCH3 is 1. The molecule has 4 rings (SSSR count). The van der Waals surface area contributed by atoms with Crippen molar-refractivity contribution in [1.82, 2.24) is 24.6 Å². The number of carbonyl (C=O) groups is 2. The molecule has 300 valence electrons. The summed E-state index contributed by atoms with van der Waals surface area (Å²) in [7, 11) is 1.12. The number of carbonyl (C=O) groups excluding carboxylic acids is 2. The lowest BCUT2D eigenvalue weighted by Crippen LogP contribution is -2.36. The van der Waals surface area contributed by atoms with E-state index >= 15 is 0 Å². The molecule has 3 aromatic carbocycles. The number of hydrogen-bond donors (Lipinski definition) is 1. The summed E-state index contributed by atoms with van der Waals surface area (Å²) in [6, 6.07) is 15.6. The van der Waals surface area contributed by atoms with E-state index in [0.717, 1.165) is 27.8 Å². The molecule has 1 amide bonds. The van der Waals surface area contributed by atoms with E-state index in [1.165, 1.54) is 17.0 Å². The van der Waals surface area contributed by atoms with Crippen LogP contribution < -0.4 is 14.2 Å². The van der Waals surface area contributed by atoms with Gasteiger partial charge in [-0.05, 0) is 93.3 Å². The molecule has 1 atom stereocenters. The van der Waals surface area contributed by atoms with Gasteiger partial charge in [-0.25, -0.2) is 22.6 Å². The summed E-state index contributed by atoms with van der Waals surface area (Å²) in [5, 5.41) is 8.38. The van der Waals surface area contributed by atoms with Gasteiger partial charge in [-0.15, -0.1) is 5.10 Å². The Labute approximate surface area is 323 Å². The molecule has 15 nitrogen and oxygen atoms in total. The number of nitrogens with zero attached hydrogens (tertiary/aromatic N) is 4. The number of likely N-dealkylation sites (N-methyl/N-ethyl adjacent to an activating group) is 1. The Bertz CT molecular complexity index is 1990. The van der Waals surface area contributed by atoms with Gasteiger partial charge < -0.3 is 33.3 Å². The Morgan fingerprint density at radius 1 is 0.945 bits per heavy atom. The van der Waals surface area contributed by atoms with Gasteiger partial charge in [0.05, 0.1) is 51.5 Å². The number of amides is 1. The largest absolute Gasteiger partial charge is 0.494 e. The second-order valence-electron chi connectivity index (χ2n) is 13.8. The smallest absolute Gasteiger partial charge is 0.410 e. The van der Waals surface area contributed by atoms with Gasteiger partial charge in [-0.2, -0.15) is 0 Å². The van der Waals surface area contributed by atoms with Gasteiger partial charge in [-0.3, -0.25) is 4.79 Å². The number of aromatic nitrogens is 3. The third-order valence-corrected chi connectivity index (χ3v) is 9.91. The molecule has 55 heavy (non-hydrogen) atoms. The van der Waals surface area contributed by atoms with Crippen LogP contribution in [0.2, 0.25) is 0 Å². The van der Waals surface area contributed by atoms with Gasteiger partial charge in [0.15, 0.2) is 0 Å². The van der Waals surface area contributed by atoms with E-state index in [-0.39, 0.29) is 37.0 Å². The molecule has 0 aliphatic heterocycles. The molecule has 1 N–H and O–H groups in total. The van der Waals surface area contributed by atoms with Gasteiger partial charge in [0.25, 0.3) is 0 Å². The maximum Gasteiger partial charge on any atom is 0.410 e. The molecule has 0 spiro atoms. The second kappa shape index (κ2) is 19.7. The van der Waals surface area contributed by atoms with E-state index in [2.05, 4.69) is 15.0 Å². The second-order valence-corrected chi connectivity index (χ2v) is 15.6. The van der Waals surface area contributed by atoms with Crippen LogP contribution in [-0.4, -0.2) is 106 Å². The fraction of sp³-hybridized carbons (Fsp3) is 0.487. The zero-order valence-corrected chi connectivity index (χ0v) is 33.7. The van der Waals surface area contributed by atoms with E-state index in [4.69, 9.17) is 28.4 Å². The van der Waals surface area contributed by atoms with Gasteiger partial charge in [0.2, 0.25) is 10.0 Å². The number of ether oxygens (including phenoxy) is 6. The minimum absolute atomic E-state index is 0.0282. The molecule has 1 unspecified atom stereocenters. The summed E-state index contributed by atoms with van der Waals surface area (Å²) in [6.07, 6.45) is -0.346. The topological polar surface area (TPSA) is 170 Å². The highest BCUT2D eigenvalue weighted by atomic mass is 32.2. The van der Waals surface area contributed by atoms with E-state index < -0.39 is 27.6 Å². The first kappa shape index (κ1) is 43.0. The lowest BCUT2D eigenvalue weighted by molar-refractivity contribution is -0.143. The summed E-state index contributed by atoms with van der Waals surface area (Å²) in [5.41, 5.74) is 4.02. The lowest BCUT2D eigenvalue weighted by atomic mass is 9.86. The standard InChI is InChI=1S/C39H53N5O10S/c1-9-52-36(45)25-33(29-23-34-37(35(24-29)49-8)44(7)42-41-34)28-11-10-27(2)30(22-28)26-40-55(47,48)32-14-12-31(13-15-32)53-21-20-51-19-18-50-17-16-43(6)38(46)54-39(3,4)5/h10-15,22-24,33,40H,9,16-21,25-26H2,1-8H3. The van der Waals surface area contributed by atoms with Crippen LogP contribution in [0.25, 0.3) is 11.0 Å². The first-order valence-electron chi connectivity index (χ1n) is 18.1. The van der Waals surface area contributed by atoms with Gasteiger partial charge >= 0.3 is 12.1 Å². The molecule has 0 radical (unpaired) electrons. The summed E-state index contributed by atoms with van der Waals surface area (Å²) >= 11 is 0. The van der Waals surface area contributed by atoms with E-state index in [0.29, 0.717) is 50.0 Å². The van der Waals surface area contributed by atoms with Crippen molar-refractivity contribution in [2.45, 2.75) is 64.0 Å². The van der Waals surface area contributed by atoms with Crippen LogP contribution in [0.3, 0.4) is 0 Å². The number of aryl methyl sites for hydroxylation is 2. The van der Waals surface area contributed by atoms with Crippen molar-refractivity contribution >= 4 is 33.1 Å². The first-order valence-corrected chi connectivity index (χ1v) is 19.5. The van der Waals surface area contributed by atoms with Gasteiger partial charge in [0.1, 0.15) is 34.7 Å². The molecule has 0 aliphatic carbocycles. The molecule has 0 saturated heterocycles. The van der Waals surface area contributed by atoms with Crippen molar-refractivity contribution < 1.29 is 46.4 Å². The number of rotatable bonds is 20. The maximum atomic E-state index is 13.3. The van der Waals surface area contributed by atoms with Gasteiger partial charge in [-0.1, -0.05) is 23.4 Å². The SMILES string of the molecule is CCOC(=O)CC(c1ccc(C)c(CNS(=O)(=O)c2ccc(OCCOCCOCCN(C)C(=O)OC(C)(C)C)cc2)c1)c1cc(OC)c2c(c1)nnn2C. The van der Waals surface area contributed by atoms with Crippen molar-refractivity contribution in [3.8, 4) is 11.5 Å². The molecule has 0 saturated carbocycles. The summed E-state index contributed by atoms with van der Waals surface area (Å²) in [6.45, 7) is 11.4. The van der Waals surface area contributed by atoms with E-state index in [1.54, 1.807) is 44.9 Å². The summed E-state index contributed by atoms with van der Waals surface area (Å²) < 4.78 is 64.0. The monoisotopic (exact) mass is 783 g/mol. The zero-order valence-electron chi connectivity index (χ0n) is 32.9. The van der Waals surface area contributed by atoms with Crippen LogP contribution in [0.5, 0.6) is 11.5 Å². The number of benzene rings is 3. The first-order chi connectivity index (χ1) is 26.1. The van der Waals surface area contributed by atoms with Crippen molar-refractivity contribution in [2.24, 2.45) is 7.05 Å². The van der Waals surface area contributed by atoms with Crippen LogP contribution in [0.15, 0.2) is 59.5 Å². The number of sulfonamides is 1. The number of hydrogen-bond acceptors (Lipinski definition) is 12. The highest BCUT2D eigenvalue weighted by Crippen LogP contribution is 2.35. The third-order valence-electron chi connectivity index (χ3n) is 8.49. The van der Waals surface area contributed by atoms with Crippen molar-refractivity contribution in [3.63, 3.8) is 0 Å². The molecule has 4 aromatic rings. The molecular weight excluding hydrogens is 731 g/mol. The number of fused-ring (bicyclic) bond motifs is 1. The fourth-order valence-electron chi connectivity index (χ4n) is 5.59. The van der Waals surface area contributed by atoms with Crippen molar-refractivity contribution in [2.75, 3.05) is 60.3 Å². The molecular formula is C39H53N5O10S. The Kier molecular flexibility index (Phi) is 15.4. The highest BCUT2D eigenvalue weighted by molar-refractivity contribution is 7.89. The number of esters is 1. The molecule has 1 aromatic heterocycles. The summed E-state index contributed by atoms with van der Waals surface area (Å²) in [4.78, 5) is 26.3. The highest BCUT2D eigenvalue weighted by Gasteiger charge is 2.24. The average molecular weight is 784 g/mol. The van der Waals surface area contributed by atoms with Crippen LogP contribution in [0.1, 0.15) is 62.3 Å². The van der Waals surface area contributed by atoms with Crippen molar-refractivity contribution in [3.05, 3.63) is 76.9 Å². The third kappa shape index (κ3) is 12.6. The minimum atomic E-state index is -3.87. The minimum Gasteiger partial charge on any atom is -0.494 e. The Balaban J connectivity index is 1.30. The lowest BCUT2D eigenvalue weighted by Gasteiger charge is -2.24. The van der Waals surface area contributed by atoms with Crippen LogP contribution in [0, 0.1) is 6.92 Å². The number of nitrogens with one attached hydrogen (secondary N) is 1. The zero-order chi connectivity index (χ0) is 40.2. The summed E-state index contributed by atoms with van der Waals surface area (Å²) in [5.74, 6) is 0.276. The van der Waals surface area contributed by atoms with Crippen LogP contribution in [0.4, 0.5) is 4.79 Å². The quantitative estimate of drug-likeness (QED) is 0.0928. The Morgan fingerprint density at radius 3 is 2.31 bits per heavy atom. The van der Waals surface area contributed by atoms with E-state index in [9.17, 15) is 18.0 Å². The Morgan fingerprint density at radius 2 is 1.64 bits per heavy atom. The molecule has 0 fully saturated rings. The van der Waals surface area contributed by atoms with Crippen LogP contribution >= 0.6 is 0 Å². The van der Waals surface area contributed by atoms with Crippen molar-refractivity contribution in [1.29, 1.82) is 0 Å². The fourth-order valence-corrected chi connectivity index (χ4v) is 6.60. The maximum absolute atomic E-state index is 13.3. The molecule has 16 heteroatoms. The predicted octanol–water partition coefficient (Wildman–Crippen LogP) is 5.13. The van der Waals surface area contributed by atoms with E-state index in [1.807, 2.05) is 58.0 Å². The van der Waals surface area contributed by atoms with Gasteiger partial charge in [0, 0.05) is 33.1 Å². The average Bonchev–Trinajstić information content (AvgIpc) is 3.52. The normalized spacial score (nSPS) is 12.4. The predicted molar refractivity (Wildman–Crippen MR) is 206 cm³/mol. The molecule has 0 bridgehead atoms. The Hall–Kier alpha value is -4.77. The van der Waals surface area contributed by atoms with Crippen LogP contribution in [-0.2, 0) is 47.4 Å².